The predicted octanol–water partition coefficient (Wildman–Crippen LogP) is 7.02. The van der Waals surface area contributed by atoms with Gasteiger partial charge in [0, 0.05) is 24.8 Å². The molecule has 14 heteroatoms. The number of fused-ring (bicyclic) bond motifs is 1. The highest BCUT2D eigenvalue weighted by atomic mass is 28.4. The van der Waals surface area contributed by atoms with Gasteiger partial charge in [-0.25, -0.2) is 18.4 Å². The zero-order valence-corrected chi connectivity index (χ0v) is 30.2. The summed E-state index contributed by atoms with van der Waals surface area (Å²) in [5, 5.41) is 23.4. The first-order valence-electron chi connectivity index (χ1n) is 16.2. The summed E-state index contributed by atoms with van der Waals surface area (Å²) in [6.45, 7) is 19.6. The third-order valence-corrected chi connectivity index (χ3v) is 13.6. The van der Waals surface area contributed by atoms with Crippen LogP contribution in [0.4, 0.5) is 9.18 Å². The van der Waals surface area contributed by atoms with Crippen LogP contribution in [0.15, 0.2) is 36.8 Å². The number of carbonyl (C=O) groups excluding carboxylic acids is 1. The van der Waals surface area contributed by atoms with Gasteiger partial charge in [-0.3, -0.25) is 4.98 Å². The standard InChI is InChI=1S/C34H45FN8O4Si/c1-22-30(39-40-43(22)26-12-14-41(15-13-26)32(44)47-33(2,3)4)23-16-28(31-24(17-36)18-38-42(31)20-23)46-29(27-11-10-25(35)19-37-27)21-45-48(8,9)34(5,6)7/h10-11,16,18-20,26,29H,12-15,21H2,1-9H3. The molecule has 48 heavy (non-hydrogen) atoms. The normalized spacial score (nSPS) is 15.4. The topological polar surface area (TPSA) is 133 Å². The molecular formula is C34H45FN8O4Si. The van der Waals surface area contributed by atoms with Crippen LogP contribution in [0.2, 0.25) is 18.1 Å². The molecule has 1 amide bonds. The lowest BCUT2D eigenvalue weighted by Crippen LogP contribution is -2.42. The number of likely N-dealkylation sites (tertiary alicyclic amines) is 1. The summed E-state index contributed by atoms with van der Waals surface area (Å²) in [7, 11) is -2.19. The van der Waals surface area contributed by atoms with Gasteiger partial charge in [0.25, 0.3) is 0 Å². The van der Waals surface area contributed by atoms with Crippen LogP contribution in [0.5, 0.6) is 5.75 Å². The average molecular weight is 677 g/mol. The van der Waals surface area contributed by atoms with E-state index in [1.165, 1.54) is 12.3 Å². The summed E-state index contributed by atoms with van der Waals surface area (Å²) >= 11 is 0. The molecule has 12 nitrogen and oxygen atoms in total. The van der Waals surface area contributed by atoms with E-state index < -0.39 is 25.8 Å². The number of pyridine rings is 2. The number of halogens is 1. The summed E-state index contributed by atoms with van der Waals surface area (Å²) in [4.78, 5) is 18.6. The van der Waals surface area contributed by atoms with E-state index in [9.17, 15) is 14.4 Å². The van der Waals surface area contributed by atoms with Gasteiger partial charge in [0.2, 0.25) is 0 Å². The lowest BCUT2D eigenvalue weighted by atomic mass is 10.0. The van der Waals surface area contributed by atoms with E-state index in [0.29, 0.717) is 59.7 Å². The first-order valence-corrected chi connectivity index (χ1v) is 19.1. The summed E-state index contributed by atoms with van der Waals surface area (Å²) in [6, 6.07) is 7.02. The Bertz CT molecular complexity index is 1810. The Morgan fingerprint density at radius 2 is 1.85 bits per heavy atom. The lowest BCUT2D eigenvalue weighted by molar-refractivity contribution is 0.0183. The van der Waals surface area contributed by atoms with Gasteiger partial charge in [-0.2, -0.15) is 10.4 Å². The van der Waals surface area contributed by atoms with E-state index in [1.807, 2.05) is 38.4 Å². The quantitative estimate of drug-likeness (QED) is 0.181. The van der Waals surface area contributed by atoms with E-state index in [-0.39, 0.29) is 23.8 Å². The van der Waals surface area contributed by atoms with Crippen molar-refractivity contribution in [3.8, 4) is 23.1 Å². The van der Waals surface area contributed by atoms with Crippen molar-refractivity contribution in [1.82, 2.24) is 34.5 Å². The van der Waals surface area contributed by atoms with E-state index in [0.717, 1.165) is 11.9 Å². The van der Waals surface area contributed by atoms with Crippen molar-refractivity contribution in [2.24, 2.45) is 0 Å². The Balaban J connectivity index is 1.46. The first-order chi connectivity index (χ1) is 22.5. The molecule has 0 bridgehead atoms. The predicted molar refractivity (Wildman–Crippen MR) is 180 cm³/mol. The van der Waals surface area contributed by atoms with Crippen LogP contribution in [0, 0.1) is 24.1 Å². The van der Waals surface area contributed by atoms with Crippen molar-refractivity contribution in [2.75, 3.05) is 19.7 Å². The molecule has 1 atom stereocenters. The third kappa shape index (κ3) is 7.52. The second-order valence-electron chi connectivity index (χ2n) is 14.8. The molecule has 1 unspecified atom stereocenters. The molecule has 1 aliphatic rings. The fraction of sp³-hybridized carbons (Fsp3) is 0.529. The van der Waals surface area contributed by atoms with Gasteiger partial charge in [0.05, 0.1) is 36.4 Å². The SMILES string of the molecule is Cc1c(-c2cc(OC(CO[Si](C)(C)C(C)(C)C)c3ccc(F)cn3)c3c(C#N)cnn3c2)nnn1C1CCN(C(=O)OC(C)(C)C)CC1. The van der Waals surface area contributed by atoms with E-state index in [1.54, 1.807) is 21.7 Å². The Hall–Kier alpha value is -4.35. The Kier molecular flexibility index (Phi) is 9.67. The third-order valence-electron chi connectivity index (χ3n) is 9.11. The summed E-state index contributed by atoms with van der Waals surface area (Å²) in [5.74, 6) is -0.0695. The number of ether oxygens (including phenoxy) is 2. The van der Waals surface area contributed by atoms with Crippen LogP contribution in [-0.4, -0.2) is 74.2 Å². The van der Waals surface area contributed by atoms with Crippen LogP contribution >= 0.6 is 0 Å². The maximum absolute atomic E-state index is 13.9. The van der Waals surface area contributed by atoms with Crippen LogP contribution < -0.4 is 4.74 Å². The number of aromatic nitrogens is 6. The molecule has 1 fully saturated rings. The summed E-state index contributed by atoms with van der Waals surface area (Å²) in [5.41, 5.74) is 2.95. The molecule has 0 N–H and O–H groups in total. The Labute approximate surface area is 281 Å². The zero-order valence-electron chi connectivity index (χ0n) is 29.2. The molecule has 256 valence electrons. The molecule has 0 spiro atoms. The fourth-order valence-corrected chi connectivity index (χ4v) is 6.37. The van der Waals surface area contributed by atoms with E-state index >= 15 is 0 Å². The number of nitriles is 1. The van der Waals surface area contributed by atoms with Crippen molar-refractivity contribution in [3.63, 3.8) is 0 Å². The van der Waals surface area contributed by atoms with Gasteiger partial charge in [-0.15, -0.1) is 5.10 Å². The number of carbonyl (C=O) groups is 1. The molecule has 4 aromatic rings. The average Bonchev–Trinajstić information content (AvgIpc) is 3.61. The highest BCUT2D eigenvalue weighted by Gasteiger charge is 2.38. The van der Waals surface area contributed by atoms with Gasteiger partial charge < -0.3 is 18.8 Å². The van der Waals surface area contributed by atoms with Crippen LogP contribution in [0.1, 0.15) is 83.5 Å². The maximum Gasteiger partial charge on any atom is 0.410 e. The molecule has 4 aromatic heterocycles. The number of rotatable bonds is 8. The fourth-order valence-electron chi connectivity index (χ4n) is 5.37. The van der Waals surface area contributed by atoms with Crippen LogP contribution in [0.25, 0.3) is 16.8 Å². The first kappa shape index (κ1) is 35.0. The molecule has 0 aliphatic carbocycles. The second-order valence-corrected chi connectivity index (χ2v) is 19.6. The Morgan fingerprint density at radius 1 is 1.15 bits per heavy atom. The van der Waals surface area contributed by atoms with Gasteiger partial charge >= 0.3 is 6.09 Å². The molecule has 1 saturated heterocycles. The van der Waals surface area contributed by atoms with Crippen LogP contribution in [-0.2, 0) is 9.16 Å². The molecule has 0 radical (unpaired) electrons. The number of hydrogen-bond acceptors (Lipinski definition) is 9. The summed E-state index contributed by atoms with van der Waals surface area (Å²) < 4.78 is 36.2. The number of hydrogen-bond donors (Lipinski definition) is 0. The summed E-state index contributed by atoms with van der Waals surface area (Å²) in [6.07, 6.45) is 4.86. The van der Waals surface area contributed by atoms with Gasteiger partial charge in [-0.05, 0) is 76.9 Å². The molecule has 0 saturated carbocycles. The minimum absolute atomic E-state index is 0.0455. The van der Waals surface area contributed by atoms with E-state index in [2.05, 4.69) is 60.3 Å². The van der Waals surface area contributed by atoms with Gasteiger partial charge in [-0.1, -0.05) is 26.0 Å². The highest BCUT2D eigenvalue weighted by Crippen LogP contribution is 2.39. The monoisotopic (exact) mass is 676 g/mol. The van der Waals surface area contributed by atoms with Gasteiger partial charge in [0.1, 0.15) is 40.0 Å². The van der Waals surface area contributed by atoms with Gasteiger partial charge in [0.15, 0.2) is 14.4 Å². The van der Waals surface area contributed by atoms with Crippen molar-refractivity contribution >= 4 is 19.9 Å². The largest absolute Gasteiger partial charge is 0.479 e. The minimum atomic E-state index is -2.19. The number of nitrogens with zero attached hydrogens (tertiary/aromatic N) is 8. The van der Waals surface area contributed by atoms with E-state index in [4.69, 9.17) is 13.9 Å². The second kappa shape index (κ2) is 13.3. The van der Waals surface area contributed by atoms with Crippen LogP contribution in [0.3, 0.4) is 0 Å². The molecular weight excluding hydrogens is 632 g/mol. The lowest BCUT2D eigenvalue weighted by Gasteiger charge is -2.37. The molecule has 5 rings (SSSR count). The van der Waals surface area contributed by atoms with Crippen molar-refractivity contribution < 1.29 is 23.1 Å². The minimum Gasteiger partial charge on any atom is -0.479 e. The molecule has 0 aromatic carbocycles. The zero-order chi connectivity index (χ0) is 35.0. The van der Waals surface area contributed by atoms with Crippen molar-refractivity contribution in [2.45, 2.75) is 97.2 Å². The molecule has 1 aliphatic heterocycles. The maximum atomic E-state index is 13.9. The van der Waals surface area contributed by atoms with Crippen molar-refractivity contribution in [1.29, 1.82) is 5.26 Å². The molecule has 5 heterocycles. The van der Waals surface area contributed by atoms with Crippen molar-refractivity contribution in [3.05, 3.63) is 59.6 Å². The number of amides is 1. The smallest absolute Gasteiger partial charge is 0.410 e. The highest BCUT2D eigenvalue weighted by molar-refractivity contribution is 6.74. The Morgan fingerprint density at radius 3 is 2.46 bits per heavy atom. The number of piperidine rings is 1.